The highest BCUT2D eigenvalue weighted by Gasteiger charge is 2.57. The molecule has 10 nitrogen and oxygen atoms in total. The van der Waals surface area contributed by atoms with Crippen LogP contribution in [-0.2, 0) is 57.8 Å². The van der Waals surface area contributed by atoms with E-state index in [1.54, 1.807) is 14.2 Å². The first-order valence-electron chi connectivity index (χ1n) is 17.4. The van der Waals surface area contributed by atoms with Crippen molar-refractivity contribution in [1.29, 1.82) is 0 Å². The highest BCUT2D eigenvalue weighted by atomic mass is 16.7. The maximum absolute atomic E-state index is 14.2. The number of ketones is 1. The molecule has 0 spiro atoms. The summed E-state index contributed by atoms with van der Waals surface area (Å²) in [6, 6.07) is 25.2. The van der Waals surface area contributed by atoms with Gasteiger partial charge in [-0.3, -0.25) is 4.79 Å². The van der Waals surface area contributed by atoms with Crippen molar-refractivity contribution in [2.45, 2.75) is 77.5 Å². The molecule has 1 aliphatic heterocycles. The van der Waals surface area contributed by atoms with Crippen LogP contribution in [0.4, 0.5) is 0 Å². The second kappa shape index (κ2) is 19.5. The van der Waals surface area contributed by atoms with E-state index < -0.39 is 35.2 Å². The Morgan fingerprint density at radius 3 is 2.00 bits per heavy atom. The molecule has 1 aliphatic rings. The van der Waals surface area contributed by atoms with Gasteiger partial charge in [-0.05, 0) is 47.9 Å². The molecule has 0 aliphatic carbocycles. The highest BCUT2D eigenvalue weighted by Crippen LogP contribution is 2.45. The summed E-state index contributed by atoms with van der Waals surface area (Å²) in [5.74, 6) is -1.33. The van der Waals surface area contributed by atoms with E-state index >= 15 is 0 Å². The molecule has 0 bridgehead atoms. The lowest BCUT2D eigenvalue weighted by Crippen LogP contribution is -2.60. The Bertz CT molecular complexity index is 1610. The van der Waals surface area contributed by atoms with Crippen LogP contribution in [0.3, 0.4) is 0 Å². The van der Waals surface area contributed by atoms with Crippen LogP contribution >= 0.6 is 0 Å². The predicted octanol–water partition coefficient (Wildman–Crippen LogP) is 7.18. The number of carbonyl (C=O) groups excluding carboxylic acids is 2. The molecule has 280 valence electrons. The fourth-order valence-corrected chi connectivity index (χ4v) is 6.09. The smallest absolute Gasteiger partial charge is 0.330 e. The van der Waals surface area contributed by atoms with Gasteiger partial charge < -0.3 is 37.9 Å². The Hall–Kier alpha value is -4.32. The molecular formula is C42H52O10. The van der Waals surface area contributed by atoms with Crippen LogP contribution < -0.4 is 9.47 Å². The molecule has 1 heterocycles. The van der Waals surface area contributed by atoms with Crippen LogP contribution in [0.15, 0.2) is 103 Å². The fourth-order valence-electron chi connectivity index (χ4n) is 6.09. The van der Waals surface area contributed by atoms with Gasteiger partial charge >= 0.3 is 5.97 Å². The van der Waals surface area contributed by atoms with Crippen LogP contribution in [0.25, 0.3) is 0 Å². The molecule has 0 saturated carbocycles. The van der Waals surface area contributed by atoms with Gasteiger partial charge in [-0.25, -0.2) is 4.79 Å². The van der Waals surface area contributed by atoms with Gasteiger partial charge in [0.05, 0.1) is 66.1 Å². The molecule has 4 rings (SSSR count). The summed E-state index contributed by atoms with van der Waals surface area (Å²) in [4.78, 5) is 26.7. The third kappa shape index (κ3) is 10.8. The summed E-state index contributed by atoms with van der Waals surface area (Å²) >= 11 is 0. The van der Waals surface area contributed by atoms with Gasteiger partial charge in [0.1, 0.15) is 11.5 Å². The monoisotopic (exact) mass is 716 g/mol. The molecule has 3 aromatic carbocycles. The Labute approximate surface area is 307 Å². The summed E-state index contributed by atoms with van der Waals surface area (Å²) < 4.78 is 46.9. The van der Waals surface area contributed by atoms with Crippen molar-refractivity contribution < 1.29 is 47.5 Å². The molecule has 1 fully saturated rings. The number of rotatable bonds is 19. The Morgan fingerprint density at radius 1 is 0.846 bits per heavy atom. The summed E-state index contributed by atoms with van der Waals surface area (Å²) in [7, 11) is 5.97. The van der Waals surface area contributed by atoms with Crippen molar-refractivity contribution in [3.8, 4) is 11.5 Å². The van der Waals surface area contributed by atoms with Crippen LogP contribution in [0.1, 0.15) is 50.3 Å². The van der Waals surface area contributed by atoms with Crippen molar-refractivity contribution in [1.82, 2.24) is 0 Å². The maximum atomic E-state index is 14.2. The Balaban J connectivity index is 1.56. The van der Waals surface area contributed by atoms with Crippen LogP contribution in [0.2, 0.25) is 0 Å². The normalized spacial score (nSPS) is 19.8. The van der Waals surface area contributed by atoms with Crippen molar-refractivity contribution in [3.63, 3.8) is 0 Å². The summed E-state index contributed by atoms with van der Waals surface area (Å²) in [5.41, 5.74) is 2.24. The minimum atomic E-state index is -1.77. The molecule has 10 heteroatoms. The van der Waals surface area contributed by atoms with Gasteiger partial charge in [-0.15, -0.1) is 0 Å². The Kier molecular flexibility index (Phi) is 15.2. The van der Waals surface area contributed by atoms with Gasteiger partial charge in [-0.2, -0.15) is 0 Å². The average Bonchev–Trinajstić information content (AvgIpc) is 3.17. The van der Waals surface area contributed by atoms with E-state index in [4.69, 9.17) is 37.9 Å². The summed E-state index contributed by atoms with van der Waals surface area (Å²) in [6.45, 7) is 7.06. The molecule has 52 heavy (non-hydrogen) atoms. The zero-order valence-corrected chi connectivity index (χ0v) is 31.3. The summed E-state index contributed by atoms with van der Waals surface area (Å²) in [6.07, 6.45) is 4.01. The van der Waals surface area contributed by atoms with E-state index in [2.05, 4.69) is 0 Å². The second-order valence-corrected chi connectivity index (χ2v) is 13.2. The number of hydrogen-bond donors (Lipinski definition) is 0. The predicted molar refractivity (Wildman–Crippen MR) is 197 cm³/mol. The van der Waals surface area contributed by atoms with E-state index in [-0.39, 0.29) is 24.7 Å². The largest absolute Gasteiger partial charge is 0.497 e. The van der Waals surface area contributed by atoms with E-state index in [1.165, 1.54) is 20.3 Å². The molecule has 0 N–H and O–H groups in total. The zero-order chi connectivity index (χ0) is 37.6. The lowest BCUT2D eigenvalue weighted by Gasteiger charge is -2.48. The summed E-state index contributed by atoms with van der Waals surface area (Å²) in [5, 5.41) is 0. The van der Waals surface area contributed by atoms with Crippen LogP contribution in [0, 0.1) is 5.41 Å². The first-order chi connectivity index (χ1) is 25.0. The molecule has 4 atom stereocenters. The number of esters is 1. The van der Waals surface area contributed by atoms with E-state index in [0.29, 0.717) is 26.2 Å². The SMILES string of the molecule is COC(=O)/C=C1\CC(C[C@@H](OCc2ccc(OC)cc2)[C@@H](C)OCc2ccccc2)O[C@@](OC)(C(C)(C)/C=C/COCc2ccc(OC)cc2)C1=O. The first-order valence-corrected chi connectivity index (χ1v) is 17.4. The number of methoxy groups -OCH3 is 4. The second-order valence-electron chi connectivity index (χ2n) is 13.2. The molecular weight excluding hydrogens is 664 g/mol. The van der Waals surface area contributed by atoms with E-state index in [0.717, 1.165) is 28.2 Å². The van der Waals surface area contributed by atoms with E-state index in [1.807, 2.05) is 112 Å². The lowest BCUT2D eigenvalue weighted by atomic mass is 9.75. The van der Waals surface area contributed by atoms with Crippen LogP contribution in [-0.4, -0.2) is 70.9 Å². The van der Waals surface area contributed by atoms with Crippen molar-refractivity contribution >= 4 is 11.8 Å². The number of benzene rings is 3. The van der Waals surface area contributed by atoms with Crippen molar-refractivity contribution in [2.75, 3.05) is 35.0 Å². The van der Waals surface area contributed by atoms with Crippen molar-refractivity contribution in [2.24, 2.45) is 5.41 Å². The Morgan fingerprint density at radius 2 is 1.42 bits per heavy atom. The minimum Gasteiger partial charge on any atom is -0.497 e. The maximum Gasteiger partial charge on any atom is 0.330 e. The van der Waals surface area contributed by atoms with Crippen molar-refractivity contribution in [3.05, 3.63) is 119 Å². The number of Topliss-reactive ketones (excluding diaryl/α,β-unsaturated/α-hetero) is 1. The fraction of sp³-hybridized carbons (Fsp3) is 0.429. The van der Waals surface area contributed by atoms with Gasteiger partial charge in [-0.1, -0.05) is 80.6 Å². The third-order valence-electron chi connectivity index (χ3n) is 9.17. The molecule has 1 unspecified atom stereocenters. The topological polar surface area (TPSA) is 108 Å². The average molecular weight is 717 g/mol. The van der Waals surface area contributed by atoms with Gasteiger partial charge in [0.2, 0.25) is 11.6 Å². The number of ether oxygens (including phenoxy) is 8. The third-order valence-corrected chi connectivity index (χ3v) is 9.17. The molecule has 1 saturated heterocycles. The van der Waals surface area contributed by atoms with Gasteiger partial charge in [0.25, 0.3) is 0 Å². The quantitative estimate of drug-likeness (QED) is 0.0548. The number of carbonyl (C=O) groups is 2. The molecule has 0 amide bonds. The molecule has 3 aromatic rings. The van der Waals surface area contributed by atoms with E-state index in [9.17, 15) is 9.59 Å². The molecule has 0 radical (unpaired) electrons. The minimum absolute atomic E-state index is 0.150. The highest BCUT2D eigenvalue weighted by molar-refractivity contribution is 6.06. The first kappa shape index (κ1) is 40.5. The number of hydrogen-bond acceptors (Lipinski definition) is 10. The zero-order valence-electron chi connectivity index (χ0n) is 31.3. The van der Waals surface area contributed by atoms with Gasteiger partial charge in [0, 0.05) is 37.0 Å². The lowest BCUT2D eigenvalue weighted by molar-refractivity contribution is -0.280. The van der Waals surface area contributed by atoms with Gasteiger partial charge in [0.15, 0.2) is 0 Å². The molecule has 0 aromatic heterocycles. The standard InChI is InChI=1S/C42H52O10/c1-30(50-28-31-12-9-8-10-13-31)38(51-29-33-16-20-36(46-5)21-17-33)26-37-24-34(25-39(43)47-6)40(44)42(48-7,52-37)41(2,3)22-11-23-49-27-32-14-18-35(45-4)19-15-32/h8-22,25,30,37-38H,23-24,26-29H2,1-7H3/b22-11+,34-25+/t30-,37?,38-,42-/m1/s1. The van der Waals surface area contributed by atoms with Crippen LogP contribution in [0.5, 0.6) is 11.5 Å².